The first-order valence-corrected chi connectivity index (χ1v) is 6.91. The van der Waals surface area contributed by atoms with Crippen molar-refractivity contribution in [2.24, 2.45) is 0 Å². The van der Waals surface area contributed by atoms with Crippen molar-refractivity contribution in [2.45, 2.75) is 31.7 Å². The predicted octanol–water partition coefficient (Wildman–Crippen LogP) is 1.50. The van der Waals surface area contributed by atoms with Gasteiger partial charge in [-0.1, -0.05) is 18.6 Å². The maximum Gasteiger partial charge on any atom is 0.224 e. The molecule has 104 valence electrons. The highest BCUT2D eigenvalue weighted by Gasteiger charge is 2.13. The molecule has 1 aromatic rings. The van der Waals surface area contributed by atoms with E-state index in [1.54, 1.807) is 7.11 Å². The molecular formula is C15H22N2O2. The molecule has 1 fully saturated rings. The second-order valence-corrected chi connectivity index (χ2v) is 4.98. The lowest BCUT2D eigenvalue weighted by molar-refractivity contribution is -0.120. The summed E-state index contributed by atoms with van der Waals surface area (Å²) in [5, 5.41) is 6.42. The van der Waals surface area contributed by atoms with Gasteiger partial charge in [-0.05, 0) is 37.1 Å². The Morgan fingerprint density at radius 3 is 2.79 bits per heavy atom. The van der Waals surface area contributed by atoms with Crippen molar-refractivity contribution in [3.8, 4) is 5.75 Å². The van der Waals surface area contributed by atoms with Crippen molar-refractivity contribution < 1.29 is 9.53 Å². The first-order valence-electron chi connectivity index (χ1n) is 6.91. The fraction of sp³-hybridized carbons (Fsp3) is 0.533. The molecule has 1 aliphatic rings. The second kappa shape index (κ2) is 7.14. The molecule has 19 heavy (non-hydrogen) atoms. The van der Waals surface area contributed by atoms with Crippen LogP contribution in [0.3, 0.4) is 0 Å². The molecule has 0 spiro atoms. The number of methoxy groups -OCH3 is 1. The van der Waals surface area contributed by atoms with Crippen LogP contribution in [0.5, 0.6) is 5.75 Å². The highest BCUT2D eigenvalue weighted by molar-refractivity contribution is 5.78. The maximum absolute atomic E-state index is 11.8. The Morgan fingerprint density at radius 2 is 2.16 bits per heavy atom. The zero-order chi connectivity index (χ0) is 13.5. The third-order valence-corrected chi connectivity index (χ3v) is 3.48. The Kier molecular flexibility index (Phi) is 5.21. The number of carbonyl (C=O) groups is 1. The number of rotatable bonds is 5. The quantitative estimate of drug-likeness (QED) is 0.845. The summed E-state index contributed by atoms with van der Waals surface area (Å²) >= 11 is 0. The van der Waals surface area contributed by atoms with Gasteiger partial charge >= 0.3 is 0 Å². The Balaban J connectivity index is 1.73. The van der Waals surface area contributed by atoms with Crippen LogP contribution in [0.15, 0.2) is 24.3 Å². The summed E-state index contributed by atoms with van der Waals surface area (Å²) in [7, 11) is 1.64. The zero-order valence-electron chi connectivity index (χ0n) is 11.4. The summed E-state index contributed by atoms with van der Waals surface area (Å²) in [5.41, 5.74) is 1.01. The van der Waals surface area contributed by atoms with E-state index in [1.807, 2.05) is 24.3 Å². The summed E-state index contributed by atoms with van der Waals surface area (Å²) in [4.78, 5) is 11.8. The van der Waals surface area contributed by atoms with Crippen LogP contribution in [-0.4, -0.2) is 32.1 Å². The number of hydrogen-bond acceptors (Lipinski definition) is 3. The summed E-state index contributed by atoms with van der Waals surface area (Å²) in [6.45, 7) is 1.80. The smallest absolute Gasteiger partial charge is 0.224 e. The molecule has 0 radical (unpaired) electrons. The van der Waals surface area contributed by atoms with Crippen molar-refractivity contribution >= 4 is 5.91 Å². The fourth-order valence-corrected chi connectivity index (χ4v) is 2.33. The minimum atomic E-state index is 0.0811. The van der Waals surface area contributed by atoms with Crippen molar-refractivity contribution in [3.63, 3.8) is 0 Å². The van der Waals surface area contributed by atoms with E-state index in [2.05, 4.69) is 10.6 Å². The van der Waals surface area contributed by atoms with Crippen molar-refractivity contribution in [3.05, 3.63) is 29.8 Å². The van der Waals surface area contributed by atoms with Crippen molar-refractivity contribution in [1.82, 2.24) is 10.6 Å². The first kappa shape index (κ1) is 13.9. The van der Waals surface area contributed by atoms with E-state index < -0.39 is 0 Å². The summed E-state index contributed by atoms with van der Waals surface area (Å²) in [5.74, 6) is 0.896. The van der Waals surface area contributed by atoms with Crippen molar-refractivity contribution in [1.29, 1.82) is 0 Å². The van der Waals surface area contributed by atoms with E-state index in [4.69, 9.17) is 4.74 Å². The molecule has 4 heteroatoms. The Hall–Kier alpha value is -1.55. The molecule has 0 bridgehead atoms. The van der Waals surface area contributed by atoms with Crippen LogP contribution in [0, 0.1) is 0 Å². The van der Waals surface area contributed by atoms with Crippen LogP contribution in [0.1, 0.15) is 24.8 Å². The van der Waals surface area contributed by atoms with Crippen LogP contribution in [0.4, 0.5) is 0 Å². The van der Waals surface area contributed by atoms with Gasteiger partial charge in [-0.15, -0.1) is 0 Å². The molecule has 1 aliphatic heterocycles. The van der Waals surface area contributed by atoms with Crippen LogP contribution in [0.2, 0.25) is 0 Å². The lowest BCUT2D eigenvalue weighted by Crippen LogP contribution is -2.43. The largest absolute Gasteiger partial charge is 0.497 e. The summed E-state index contributed by atoms with van der Waals surface area (Å²) in [6, 6.07) is 8.05. The number of carbonyl (C=O) groups excluding carboxylic acids is 1. The average Bonchev–Trinajstić information content (AvgIpc) is 2.47. The molecule has 1 unspecified atom stereocenters. The highest BCUT2D eigenvalue weighted by atomic mass is 16.5. The number of nitrogens with one attached hydrogen (secondary N) is 2. The molecule has 0 aromatic heterocycles. The first-order chi connectivity index (χ1) is 9.28. The van der Waals surface area contributed by atoms with Gasteiger partial charge in [0.2, 0.25) is 5.91 Å². The minimum absolute atomic E-state index is 0.0811. The van der Waals surface area contributed by atoms with Gasteiger partial charge in [0.05, 0.1) is 13.5 Å². The normalized spacial score (nSPS) is 18.9. The maximum atomic E-state index is 11.8. The van der Waals surface area contributed by atoms with E-state index in [0.717, 1.165) is 30.8 Å². The number of hydrogen-bond donors (Lipinski definition) is 2. The molecule has 1 aromatic carbocycles. The molecule has 1 atom stereocenters. The van der Waals surface area contributed by atoms with Crippen LogP contribution in [0.25, 0.3) is 0 Å². The molecule has 0 saturated carbocycles. The number of piperidine rings is 1. The van der Waals surface area contributed by atoms with Gasteiger partial charge in [0.15, 0.2) is 0 Å². The van der Waals surface area contributed by atoms with Crippen LogP contribution in [-0.2, 0) is 11.2 Å². The van der Waals surface area contributed by atoms with Gasteiger partial charge < -0.3 is 15.4 Å². The third-order valence-electron chi connectivity index (χ3n) is 3.48. The van der Waals surface area contributed by atoms with Gasteiger partial charge in [-0.2, -0.15) is 0 Å². The summed E-state index contributed by atoms with van der Waals surface area (Å²) < 4.78 is 5.09. The van der Waals surface area contributed by atoms with Gasteiger partial charge in [0.25, 0.3) is 0 Å². The van der Waals surface area contributed by atoms with Crippen molar-refractivity contribution in [2.75, 3.05) is 20.2 Å². The van der Waals surface area contributed by atoms with Gasteiger partial charge in [-0.3, -0.25) is 4.79 Å². The predicted molar refractivity (Wildman–Crippen MR) is 75.3 cm³/mol. The molecule has 1 heterocycles. The van der Waals surface area contributed by atoms with Crippen LogP contribution < -0.4 is 15.4 Å². The highest BCUT2D eigenvalue weighted by Crippen LogP contribution is 2.11. The van der Waals surface area contributed by atoms with E-state index in [1.165, 1.54) is 12.8 Å². The Morgan fingerprint density at radius 1 is 1.37 bits per heavy atom. The minimum Gasteiger partial charge on any atom is -0.497 e. The summed E-state index contributed by atoms with van der Waals surface area (Å²) in [6.07, 6.45) is 4.09. The molecule has 2 rings (SSSR count). The second-order valence-electron chi connectivity index (χ2n) is 4.98. The van der Waals surface area contributed by atoms with Gasteiger partial charge in [-0.25, -0.2) is 0 Å². The number of ether oxygens (including phenoxy) is 1. The van der Waals surface area contributed by atoms with Crippen LogP contribution >= 0.6 is 0 Å². The molecule has 0 aliphatic carbocycles. The van der Waals surface area contributed by atoms with E-state index in [-0.39, 0.29) is 5.91 Å². The Bertz CT molecular complexity index is 397. The molecule has 1 saturated heterocycles. The van der Waals surface area contributed by atoms with E-state index in [0.29, 0.717) is 12.5 Å². The van der Waals surface area contributed by atoms with Gasteiger partial charge in [0.1, 0.15) is 5.75 Å². The lowest BCUT2D eigenvalue weighted by atomic mass is 10.0. The number of benzene rings is 1. The van der Waals surface area contributed by atoms with E-state index >= 15 is 0 Å². The molecule has 4 nitrogen and oxygen atoms in total. The molecular weight excluding hydrogens is 240 g/mol. The van der Waals surface area contributed by atoms with E-state index in [9.17, 15) is 4.79 Å². The average molecular weight is 262 g/mol. The number of amides is 1. The zero-order valence-corrected chi connectivity index (χ0v) is 11.4. The fourth-order valence-electron chi connectivity index (χ4n) is 2.33. The SMILES string of the molecule is COc1ccc(CC(=O)NCC2CCCCN2)cc1. The molecule has 1 amide bonds. The lowest BCUT2D eigenvalue weighted by Gasteiger charge is -2.23. The standard InChI is InChI=1S/C15H22N2O2/c1-19-14-7-5-12(6-8-14)10-15(18)17-11-13-4-2-3-9-16-13/h5-8,13,16H,2-4,9-11H2,1H3,(H,17,18). The van der Waals surface area contributed by atoms with Gasteiger partial charge in [0, 0.05) is 12.6 Å². The monoisotopic (exact) mass is 262 g/mol. The molecule has 2 N–H and O–H groups in total. The topological polar surface area (TPSA) is 50.4 Å². The Labute approximate surface area is 114 Å². The third kappa shape index (κ3) is 4.56.